The molecule has 0 heterocycles. The number of rotatable bonds is 8. The highest BCUT2D eigenvalue weighted by Gasteiger charge is 2.14. The van der Waals surface area contributed by atoms with Gasteiger partial charge in [0.05, 0.1) is 10.5 Å². The van der Waals surface area contributed by atoms with Gasteiger partial charge >= 0.3 is 5.97 Å². The van der Waals surface area contributed by atoms with E-state index in [2.05, 4.69) is 21.2 Å². The first kappa shape index (κ1) is 24.2. The molecule has 0 radical (unpaired) electrons. The Morgan fingerprint density at radius 1 is 1.15 bits per heavy atom. The second-order valence-electron chi connectivity index (χ2n) is 6.90. The van der Waals surface area contributed by atoms with Crippen LogP contribution in [0, 0.1) is 21.4 Å². The molecule has 0 aliphatic rings. The average Bonchev–Trinajstić information content (AvgIpc) is 2.82. The maximum absolute atomic E-state index is 12.6. The van der Waals surface area contributed by atoms with Gasteiger partial charge in [0.15, 0.2) is 0 Å². The van der Waals surface area contributed by atoms with Gasteiger partial charge in [-0.25, -0.2) is 4.79 Å². The van der Waals surface area contributed by atoms with Crippen LogP contribution in [0.4, 0.5) is 11.4 Å². The van der Waals surface area contributed by atoms with Crippen LogP contribution >= 0.6 is 15.9 Å². The van der Waals surface area contributed by atoms with Gasteiger partial charge in [-0.15, -0.1) is 0 Å². The third-order valence-electron chi connectivity index (χ3n) is 4.55. The monoisotopic (exact) mass is 521 g/mol. The molecule has 0 saturated heterocycles. The molecule has 0 spiro atoms. The Kier molecular flexibility index (Phi) is 7.74. The highest BCUT2D eigenvalue weighted by atomic mass is 79.9. The molecule has 2 N–H and O–H groups in total. The minimum absolute atomic E-state index is 0.129. The maximum atomic E-state index is 12.6. The highest BCUT2D eigenvalue weighted by molar-refractivity contribution is 9.10. The molecule has 1 amide bonds. The Morgan fingerprint density at radius 3 is 2.53 bits per heavy atom. The molecule has 3 rings (SSSR count). The third-order valence-corrected chi connectivity index (χ3v) is 5.04. The molecule has 3 aromatic carbocycles. The average molecular weight is 522 g/mol. The van der Waals surface area contributed by atoms with E-state index >= 15 is 0 Å². The van der Waals surface area contributed by atoms with Crippen LogP contribution in [-0.4, -0.2) is 21.9 Å². The Labute approximate surface area is 202 Å². The summed E-state index contributed by atoms with van der Waals surface area (Å²) in [6.07, 6.45) is 1.35. The summed E-state index contributed by atoms with van der Waals surface area (Å²) in [5.74, 6) is -1.38. The van der Waals surface area contributed by atoms with Gasteiger partial charge in [0.2, 0.25) is 0 Å². The zero-order valence-electron chi connectivity index (χ0n) is 17.4. The number of benzene rings is 3. The number of nitro benzene ring substituents is 1. The van der Waals surface area contributed by atoms with E-state index in [9.17, 15) is 25.0 Å². The molecule has 0 aromatic heterocycles. The Bertz CT molecular complexity index is 1330. The minimum Gasteiger partial charge on any atom is -0.488 e. The summed E-state index contributed by atoms with van der Waals surface area (Å²) in [7, 11) is 0. The molecule has 0 saturated carbocycles. The van der Waals surface area contributed by atoms with Crippen LogP contribution in [0.5, 0.6) is 5.75 Å². The molecular formula is C24H16BrN3O6. The number of carbonyl (C=O) groups is 2. The van der Waals surface area contributed by atoms with E-state index in [-0.39, 0.29) is 29.1 Å². The van der Waals surface area contributed by atoms with Crippen LogP contribution in [0.3, 0.4) is 0 Å². The summed E-state index contributed by atoms with van der Waals surface area (Å²) in [6, 6.07) is 18.5. The smallest absolute Gasteiger partial charge is 0.335 e. The van der Waals surface area contributed by atoms with Crippen molar-refractivity contribution in [2.45, 2.75) is 6.61 Å². The number of anilines is 1. The van der Waals surface area contributed by atoms with Gasteiger partial charge in [-0.2, -0.15) is 5.26 Å². The number of nitro groups is 1. The lowest BCUT2D eigenvalue weighted by atomic mass is 10.1. The number of nitriles is 1. The molecule has 0 aliphatic heterocycles. The van der Waals surface area contributed by atoms with Crippen LogP contribution in [0.1, 0.15) is 21.5 Å². The standard InChI is InChI=1S/C24H16BrN3O6/c25-19-8-9-22(34-14-15-4-6-16(7-5-15)24(30)31)17(11-19)10-18(13-26)23(29)27-20-2-1-3-21(12-20)28(32)33/h1-12H,14H2,(H,27,29)(H,30,31). The molecule has 0 bridgehead atoms. The number of hydrogen-bond donors (Lipinski definition) is 2. The first-order valence-corrected chi connectivity index (χ1v) is 10.5. The Balaban J connectivity index is 1.81. The Morgan fingerprint density at radius 2 is 1.88 bits per heavy atom. The number of amides is 1. The van der Waals surface area contributed by atoms with Crippen LogP contribution in [0.2, 0.25) is 0 Å². The van der Waals surface area contributed by atoms with Gasteiger partial charge in [0, 0.05) is 27.9 Å². The van der Waals surface area contributed by atoms with Crippen LogP contribution in [0.15, 0.2) is 76.8 Å². The van der Waals surface area contributed by atoms with E-state index in [1.165, 1.54) is 42.5 Å². The summed E-state index contributed by atoms with van der Waals surface area (Å²) in [5.41, 5.74) is 1.08. The summed E-state index contributed by atoms with van der Waals surface area (Å²) >= 11 is 3.35. The van der Waals surface area contributed by atoms with Gasteiger partial charge < -0.3 is 15.2 Å². The topological polar surface area (TPSA) is 143 Å². The molecule has 0 aliphatic carbocycles. The van der Waals surface area contributed by atoms with Crippen LogP contribution < -0.4 is 10.1 Å². The van der Waals surface area contributed by atoms with Crippen molar-refractivity contribution >= 4 is 45.3 Å². The first-order chi connectivity index (χ1) is 16.3. The molecular weight excluding hydrogens is 506 g/mol. The van der Waals surface area contributed by atoms with Gasteiger partial charge in [0.1, 0.15) is 24.0 Å². The number of ether oxygens (including phenoxy) is 1. The normalized spacial score (nSPS) is 10.8. The second kappa shape index (κ2) is 10.9. The van der Waals surface area contributed by atoms with E-state index in [4.69, 9.17) is 9.84 Å². The Hall–Kier alpha value is -4.49. The van der Waals surface area contributed by atoms with Gasteiger partial charge in [-0.1, -0.05) is 34.1 Å². The molecule has 0 atom stereocenters. The largest absolute Gasteiger partial charge is 0.488 e. The zero-order chi connectivity index (χ0) is 24.7. The third kappa shape index (κ3) is 6.27. The lowest BCUT2D eigenvalue weighted by molar-refractivity contribution is -0.384. The number of halogens is 1. The highest BCUT2D eigenvalue weighted by Crippen LogP contribution is 2.27. The number of aromatic carboxylic acids is 1. The molecule has 170 valence electrons. The lowest BCUT2D eigenvalue weighted by Crippen LogP contribution is -2.13. The van der Waals surface area contributed by atoms with E-state index in [0.717, 1.165) is 5.56 Å². The van der Waals surface area contributed by atoms with Crippen molar-refractivity contribution in [2.75, 3.05) is 5.32 Å². The molecule has 34 heavy (non-hydrogen) atoms. The first-order valence-electron chi connectivity index (χ1n) is 9.69. The summed E-state index contributed by atoms with van der Waals surface area (Å²) < 4.78 is 6.52. The zero-order valence-corrected chi connectivity index (χ0v) is 19.0. The quantitative estimate of drug-likeness (QED) is 0.180. The van der Waals surface area contributed by atoms with Crippen molar-refractivity contribution in [3.05, 3.63) is 104 Å². The fourth-order valence-electron chi connectivity index (χ4n) is 2.87. The fraction of sp³-hybridized carbons (Fsp3) is 0.0417. The number of carboxylic acids is 1. The van der Waals surface area contributed by atoms with E-state index < -0.39 is 16.8 Å². The number of hydrogen-bond acceptors (Lipinski definition) is 6. The summed E-state index contributed by atoms with van der Waals surface area (Å²) in [4.78, 5) is 34.0. The summed E-state index contributed by atoms with van der Waals surface area (Å²) in [6.45, 7) is 0.129. The summed E-state index contributed by atoms with van der Waals surface area (Å²) in [5, 5.41) is 31.9. The second-order valence-corrected chi connectivity index (χ2v) is 7.82. The number of nitrogens with zero attached hydrogens (tertiary/aromatic N) is 2. The number of carbonyl (C=O) groups excluding carboxylic acids is 1. The SMILES string of the molecule is N#CC(=Cc1cc(Br)ccc1OCc1ccc(C(=O)O)cc1)C(=O)Nc1cccc([N+](=O)[O-])c1. The number of carboxylic acid groups (broad SMARTS) is 1. The van der Waals surface area contributed by atoms with Crippen molar-refractivity contribution in [1.82, 2.24) is 0 Å². The molecule has 9 nitrogen and oxygen atoms in total. The maximum Gasteiger partial charge on any atom is 0.335 e. The fourth-order valence-corrected chi connectivity index (χ4v) is 3.25. The van der Waals surface area contributed by atoms with E-state index in [1.54, 1.807) is 30.3 Å². The van der Waals surface area contributed by atoms with Crippen LogP contribution in [0.25, 0.3) is 6.08 Å². The lowest BCUT2D eigenvalue weighted by Gasteiger charge is -2.11. The molecule has 0 unspecified atom stereocenters. The molecule has 3 aromatic rings. The van der Waals surface area contributed by atoms with Crippen molar-refractivity contribution in [3.63, 3.8) is 0 Å². The van der Waals surface area contributed by atoms with E-state index in [0.29, 0.717) is 15.8 Å². The predicted molar refractivity (Wildman–Crippen MR) is 127 cm³/mol. The van der Waals surface area contributed by atoms with E-state index in [1.807, 2.05) is 6.07 Å². The molecule has 0 fully saturated rings. The molecule has 10 heteroatoms. The van der Waals surface area contributed by atoms with Crippen molar-refractivity contribution < 1.29 is 24.4 Å². The minimum atomic E-state index is -1.03. The van der Waals surface area contributed by atoms with Gasteiger partial charge in [-0.3, -0.25) is 14.9 Å². The number of non-ortho nitro benzene ring substituents is 1. The van der Waals surface area contributed by atoms with Crippen molar-refractivity contribution in [3.8, 4) is 11.8 Å². The predicted octanol–water partition coefficient (Wildman–Crippen LogP) is 5.18. The number of nitrogens with one attached hydrogen (secondary N) is 1. The van der Waals surface area contributed by atoms with Crippen LogP contribution in [-0.2, 0) is 11.4 Å². The van der Waals surface area contributed by atoms with Gasteiger partial charge in [-0.05, 0) is 48.0 Å². The van der Waals surface area contributed by atoms with Gasteiger partial charge in [0.25, 0.3) is 11.6 Å². The van der Waals surface area contributed by atoms with Crippen molar-refractivity contribution in [2.24, 2.45) is 0 Å². The van der Waals surface area contributed by atoms with Crippen molar-refractivity contribution in [1.29, 1.82) is 5.26 Å².